The minimum absolute atomic E-state index is 0. The van der Waals surface area contributed by atoms with Crippen molar-refractivity contribution < 1.29 is 19.7 Å². The fourth-order valence-corrected chi connectivity index (χ4v) is 2.99. The van der Waals surface area contributed by atoms with E-state index in [4.69, 9.17) is 15.2 Å². The molecule has 0 amide bonds. The third-order valence-corrected chi connectivity index (χ3v) is 3.98. The van der Waals surface area contributed by atoms with E-state index in [0.717, 1.165) is 30.6 Å². The smallest absolute Gasteiger partial charge is 0.161 e. The number of phenols is 2. The highest BCUT2D eigenvalue weighted by Crippen LogP contribution is 2.41. The van der Waals surface area contributed by atoms with Crippen molar-refractivity contribution >= 4 is 17.0 Å². The molecule has 0 aliphatic carbocycles. The molecule has 112 valence electrons. The van der Waals surface area contributed by atoms with Crippen molar-refractivity contribution in [1.82, 2.24) is 0 Å². The summed E-state index contributed by atoms with van der Waals surface area (Å²) in [5.41, 5.74) is 7.36. The highest BCUT2D eigenvalue weighted by atomic mass is 79.9. The summed E-state index contributed by atoms with van der Waals surface area (Å²) in [7, 11) is 0. The van der Waals surface area contributed by atoms with Crippen LogP contribution in [0.25, 0.3) is 0 Å². The van der Waals surface area contributed by atoms with E-state index in [1.807, 2.05) is 0 Å². The summed E-state index contributed by atoms with van der Waals surface area (Å²) in [5.74, 6) is -0.148. The van der Waals surface area contributed by atoms with Gasteiger partial charge in [0.15, 0.2) is 11.5 Å². The van der Waals surface area contributed by atoms with Crippen molar-refractivity contribution in [3.8, 4) is 11.5 Å². The molecule has 1 saturated heterocycles. The van der Waals surface area contributed by atoms with Crippen molar-refractivity contribution in [1.29, 1.82) is 0 Å². The molecule has 0 spiro atoms. The second-order valence-corrected chi connectivity index (χ2v) is 5.16. The lowest BCUT2D eigenvalue weighted by Crippen LogP contribution is -2.38. The van der Waals surface area contributed by atoms with Crippen LogP contribution in [0.5, 0.6) is 11.5 Å². The molecule has 3 rings (SSSR count). The van der Waals surface area contributed by atoms with E-state index in [9.17, 15) is 10.2 Å². The summed E-state index contributed by atoms with van der Waals surface area (Å²) in [4.78, 5) is 0. The van der Waals surface area contributed by atoms with Crippen molar-refractivity contribution in [3.63, 3.8) is 0 Å². The molecule has 1 aromatic carbocycles. The Morgan fingerprint density at radius 2 is 2.05 bits per heavy atom. The van der Waals surface area contributed by atoms with Gasteiger partial charge in [-0.25, -0.2) is 0 Å². The molecule has 5 nitrogen and oxygen atoms in total. The van der Waals surface area contributed by atoms with E-state index in [1.54, 1.807) is 6.07 Å². The Kier molecular flexibility index (Phi) is 4.90. The number of nitrogens with two attached hydrogens (primary N) is 1. The van der Waals surface area contributed by atoms with Crippen molar-refractivity contribution in [2.75, 3.05) is 13.2 Å². The molecule has 1 aromatic rings. The fraction of sp³-hybridized carbons (Fsp3) is 0.571. The van der Waals surface area contributed by atoms with Gasteiger partial charge in [0.25, 0.3) is 0 Å². The van der Waals surface area contributed by atoms with Crippen LogP contribution in [0.2, 0.25) is 0 Å². The quantitative estimate of drug-likeness (QED) is 0.711. The zero-order chi connectivity index (χ0) is 13.4. The molecule has 1 fully saturated rings. The molecular weight excluding hydrogens is 326 g/mol. The van der Waals surface area contributed by atoms with Crippen LogP contribution < -0.4 is 5.73 Å². The summed E-state index contributed by atoms with van der Waals surface area (Å²) >= 11 is 0. The molecule has 0 aromatic heterocycles. The summed E-state index contributed by atoms with van der Waals surface area (Å²) in [6.07, 6.45) is 2.27. The van der Waals surface area contributed by atoms with Crippen LogP contribution in [0.15, 0.2) is 12.1 Å². The van der Waals surface area contributed by atoms with Gasteiger partial charge in [-0.3, -0.25) is 0 Å². The fourth-order valence-electron chi connectivity index (χ4n) is 2.99. The monoisotopic (exact) mass is 345 g/mol. The average molecular weight is 346 g/mol. The first-order chi connectivity index (χ1) is 9.20. The maximum Gasteiger partial charge on any atom is 0.161 e. The Balaban J connectivity index is 0.00000147. The van der Waals surface area contributed by atoms with Gasteiger partial charge < -0.3 is 25.4 Å². The average Bonchev–Trinajstić information content (AvgIpc) is 2.96. The molecule has 0 saturated carbocycles. The van der Waals surface area contributed by atoms with Gasteiger partial charge in [0.05, 0.1) is 18.3 Å². The van der Waals surface area contributed by atoms with E-state index in [-0.39, 0.29) is 46.8 Å². The van der Waals surface area contributed by atoms with Gasteiger partial charge >= 0.3 is 0 Å². The van der Waals surface area contributed by atoms with E-state index >= 15 is 0 Å². The number of hydrogen-bond acceptors (Lipinski definition) is 5. The minimum atomic E-state index is -0.246. The zero-order valence-corrected chi connectivity index (χ0v) is 12.8. The molecular formula is C14H20BrNO4. The number of hydrogen-bond donors (Lipinski definition) is 3. The van der Waals surface area contributed by atoms with E-state index in [0.29, 0.717) is 13.0 Å². The Morgan fingerprint density at radius 3 is 2.70 bits per heavy atom. The van der Waals surface area contributed by atoms with Crippen molar-refractivity contribution in [2.24, 2.45) is 5.73 Å². The van der Waals surface area contributed by atoms with Gasteiger partial charge in [-0.15, -0.1) is 17.0 Å². The Morgan fingerprint density at radius 1 is 1.25 bits per heavy atom. The van der Waals surface area contributed by atoms with Crippen molar-refractivity contribution in [3.05, 3.63) is 23.3 Å². The van der Waals surface area contributed by atoms with E-state index < -0.39 is 0 Å². The van der Waals surface area contributed by atoms with Crippen molar-refractivity contribution in [2.45, 2.75) is 37.6 Å². The predicted molar refractivity (Wildman–Crippen MR) is 79.4 cm³/mol. The molecule has 4 N–H and O–H groups in total. The number of aromatic hydroxyl groups is 2. The molecule has 2 aliphatic heterocycles. The Bertz CT molecular complexity index is 476. The third kappa shape index (κ3) is 2.65. The molecule has 3 unspecified atom stereocenters. The second kappa shape index (κ2) is 6.30. The number of fused-ring (bicyclic) bond motifs is 1. The van der Waals surface area contributed by atoms with Gasteiger partial charge in [0.2, 0.25) is 0 Å². The number of phenolic OH excluding ortho intramolecular Hbond substituents is 2. The highest BCUT2D eigenvalue weighted by Gasteiger charge is 2.35. The predicted octanol–water partition coefficient (Wildman–Crippen LogP) is 1.80. The Hall–Kier alpha value is -0.820. The SMILES string of the molecule is Br.NCC1OC(C2CCCO2)Cc2c1ccc(O)c2O. The number of benzene rings is 1. The zero-order valence-electron chi connectivity index (χ0n) is 11.1. The van der Waals surface area contributed by atoms with Crippen LogP contribution in [0.3, 0.4) is 0 Å². The number of ether oxygens (including phenoxy) is 2. The summed E-state index contributed by atoms with van der Waals surface area (Å²) < 4.78 is 11.7. The minimum Gasteiger partial charge on any atom is -0.504 e. The van der Waals surface area contributed by atoms with Crippen LogP contribution in [-0.4, -0.2) is 35.6 Å². The number of halogens is 1. The molecule has 0 bridgehead atoms. The lowest BCUT2D eigenvalue weighted by atomic mass is 9.90. The largest absolute Gasteiger partial charge is 0.504 e. The maximum atomic E-state index is 10.0. The molecule has 6 heteroatoms. The summed E-state index contributed by atoms with van der Waals surface area (Å²) in [6, 6.07) is 3.25. The van der Waals surface area contributed by atoms with Crippen LogP contribution >= 0.6 is 17.0 Å². The molecule has 20 heavy (non-hydrogen) atoms. The lowest BCUT2D eigenvalue weighted by Gasteiger charge is -2.34. The first kappa shape index (κ1) is 15.6. The maximum absolute atomic E-state index is 10.0. The first-order valence-electron chi connectivity index (χ1n) is 6.71. The molecule has 2 heterocycles. The van der Waals surface area contributed by atoms with Crippen LogP contribution in [-0.2, 0) is 15.9 Å². The third-order valence-electron chi connectivity index (χ3n) is 3.98. The van der Waals surface area contributed by atoms with E-state index in [1.165, 1.54) is 6.07 Å². The standard InChI is InChI=1S/C14H19NO4.BrH/c15-7-13-8-3-4-10(16)14(17)9(8)6-12(19-13)11-2-1-5-18-11;/h3-4,11-13,16-17H,1-2,5-7,15H2;1H. The lowest BCUT2D eigenvalue weighted by molar-refractivity contribution is -0.0907. The van der Waals surface area contributed by atoms with E-state index in [2.05, 4.69) is 0 Å². The second-order valence-electron chi connectivity index (χ2n) is 5.16. The van der Waals surface area contributed by atoms with Crippen LogP contribution in [0.1, 0.15) is 30.1 Å². The number of rotatable bonds is 2. The van der Waals surface area contributed by atoms with Gasteiger partial charge in [0.1, 0.15) is 0 Å². The van der Waals surface area contributed by atoms with Gasteiger partial charge in [-0.05, 0) is 24.5 Å². The molecule has 0 radical (unpaired) electrons. The van der Waals surface area contributed by atoms with Gasteiger partial charge in [-0.1, -0.05) is 6.07 Å². The van der Waals surface area contributed by atoms with Gasteiger partial charge in [0, 0.05) is 25.1 Å². The first-order valence-corrected chi connectivity index (χ1v) is 6.71. The van der Waals surface area contributed by atoms with Gasteiger partial charge in [-0.2, -0.15) is 0 Å². The normalized spacial score (nSPS) is 28.8. The van der Waals surface area contributed by atoms with Crippen LogP contribution in [0.4, 0.5) is 0 Å². The summed E-state index contributed by atoms with van der Waals surface area (Å²) in [5, 5.41) is 19.7. The van der Waals surface area contributed by atoms with Crippen LogP contribution in [0, 0.1) is 0 Å². The topological polar surface area (TPSA) is 84.9 Å². The Labute approximate surface area is 128 Å². The molecule has 3 atom stereocenters. The highest BCUT2D eigenvalue weighted by molar-refractivity contribution is 8.93. The molecule has 2 aliphatic rings. The summed E-state index contributed by atoms with van der Waals surface area (Å²) in [6.45, 7) is 1.11.